The van der Waals surface area contributed by atoms with Crippen LogP contribution >= 0.6 is 24.0 Å². The molecule has 0 saturated carbocycles. The van der Waals surface area contributed by atoms with E-state index in [0.717, 1.165) is 5.75 Å². The first-order valence-corrected chi connectivity index (χ1v) is 7.10. The normalized spacial score (nSPS) is 19.9. The van der Waals surface area contributed by atoms with Crippen LogP contribution < -0.4 is 10.6 Å². The third-order valence-electron chi connectivity index (χ3n) is 2.86. The van der Waals surface area contributed by atoms with Crippen molar-refractivity contribution in [1.29, 1.82) is 0 Å². The van der Waals surface area contributed by atoms with Crippen LogP contribution in [-0.4, -0.2) is 29.1 Å². The Bertz CT molecular complexity index is 456. The van der Waals surface area contributed by atoms with Gasteiger partial charge in [-0.25, -0.2) is 8.78 Å². The number of nitrogens with zero attached hydrogens (tertiary/aromatic N) is 1. The number of hydrogen-bond acceptors (Lipinski definition) is 3. The molecule has 1 aliphatic heterocycles. The van der Waals surface area contributed by atoms with Gasteiger partial charge in [0.05, 0.1) is 0 Å². The van der Waals surface area contributed by atoms with Gasteiger partial charge in [-0.1, -0.05) is 19.1 Å². The van der Waals surface area contributed by atoms with E-state index < -0.39 is 11.6 Å². The summed E-state index contributed by atoms with van der Waals surface area (Å²) in [4.78, 5) is 1.75. The van der Waals surface area contributed by atoms with Crippen LogP contribution in [0.1, 0.15) is 12.5 Å². The molecule has 0 amide bonds. The number of thioether (sulfide) groups is 1. The van der Waals surface area contributed by atoms with Crippen molar-refractivity contribution < 1.29 is 8.78 Å². The summed E-state index contributed by atoms with van der Waals surface area (Å²) in [6, 6.07) is 2.40. The van der Waals surface area contributed by atoms with Crippen molar-refractivity contribution in [3.63, 3.8) is 0 Å². The molecule has 1 saturated heterocycles. The van der Waals surface area contributed by atoms with Crippen LogP contribution in [-0.2, 0) is 0 Å². The number of anilines is 1. The molecule has 6 heteroatoms. The van der Waals surface area contributed by atoms with Crippen LogP contribution in [0.5, 0.6) is 0 Å². The summed E-state index contributed by atoms with van der Waals surface area (Å²) in [7, 11) is 0. The molecule has 0 radical (unpaired) electrons. The second kappa shape index (κ2) is 5.40. The molecule has 1 aromatic carbocycles. The SMILES string of the molecule is CC1CN(c2c(F)cc(C(N)=S)cc2F)CCS1. The van der Waals surface area contributed by atoms with Crippen LogP contribution in [0, 0.1) is 11.6 Å². The molecule has 18 heavy (non-hydrogen) atoms. The number of halogens is 2. The fourth-order valence-electron chi connectivity index (χ4n) is 2.03. The van der Waals surface area contributed by atoms with E-state index in [2.05, 4.69) is 6.92 Å². The zero-order chi connectivity index (χ0) is 13.3. The standard InChI is InChI=1S/C12H14F2N2S2/c1-7-6-16(2-3-18-7)11-9(13)4-8(12(15)17)5-10(11)14/h4-5,7H,2-3,6H2,1H3,(H2,15,17). The van der Waals surface area contributed by atoms with Crippen molar-refractivity contribution in [3.8, 4) is 0 Å². The van der Waals surface area contributed by atoms with Crippen LogP contribution in [0.15, 0.2) is 12.1 Å². The maximum Gasteiger partial charge on any atom is 0.150 e. The van der Waals surface area contributed by atoms with Gasteiger partial charge in [-0.05, 0) is 12.1 Å². The molecule has 1 aliphatic rings. The summed E-state index contributed by atoms with van der Waals surface area (Å²) >= 11 is 6.54. The Morgan fingerprint density at radius 3 is 2.56 bits per heavy atom. The van der Waals surface area contributed by atoms with Gasteiger partial charge in [0.1, 0.15) is 22.3 Å². The van der Waals surface area contributed by atoms with Gasteiger partial charge in [0.2, 0.25) is 0 Å². The number of rotatable bonds is 2. The van der Waals surface area contributed by atoms with Gasteiger partial charge in [-0.15, -0.1) is 0 Å². The van der Waals surface area contributed by atoms with Gasteiger partial charge < -0.3 is 10.6 Å². The van der Waals surface area contributed by atoms with Crippen molar-refractivity contribution in [2.24, 2.45) is 5.73 Å². The Hall–Kier alpha value is -0.880. The average Bonchev–Trinajstić information content (AvgIpc) is 2.27. The van der Waals surface area contributed by atoms with E-state index in [1.54, 1.807) is 4.90 Å². The average molecular weight is 288 g/mol. The van der Waals surface area contributed by atoms with Crippen molar-refractivity contribution in [2.75, 3.05) is 23.7 Å². The maximum absolute atomic E-state index is 14.0. The molecule has 2 rings (SSSR count). The summed E-state index contributed by atoms with van der Waals surface area (Å²) in [6.45, 7) is 3.34. The van der Waals surface area contributed by atoms with E-state index >= 15 is 0 Å². The van der Waals surface area contributed by atoms with E-state index in [9.17, 15) is 8.78 Å². The third-order valence-corrected chi connectivity index (χ3v) is 4.23. The maximum atomic E-state index is 14.0. The lowest BCUT2D eigenvalue weighted by Crippen LogP contribution is -2.37. The first-order chi connectivity index (χ1) is 8.49. The largest absolute Gasteiger partial charge is 0.389 e. The molecule has 0 bridgehead atoms. The Kier molecular flexibility index (Phi) is 4.07. The molecule has 1 aromatic rings. The summed E-state index contributed by atoms with van der Waals surface area (Å²) in [6.07, 6.45) is 0. The van der Waals surface area contributed by atoms with Crippen molar-refractivity contribution >= 4 is 34.7 Å². The van der Waals surface area contributed by atoms with Gasteiger partial charge in [0, 0.05) is 29.7 Å². The first-order valence-electron chi connectivity index (χ1n) is 5.64. The van der Waals surface area contributed by atoms with Crippen LogP contribution in [0.25, 0.3) is 0 Å². The lowest BCUT2D eigenvalue weighted by atomic mass is 10.1. The molecule has 2 N–H and O–H groups in total. The minimum Gasteiger partial charge on any atom is -0.389 e. The van der Waals surface area contributed by atoms with Crippen molar-refractivity contribution in [3.05, 3.63) is 29.3 Å². The van der Waals surface area contributed by atoms with Gasteiger partial charge in [0.15, 0.2) is 0 Å². The lowest BCUT2D eigenvalue weighted by Gasteiger charge is -2.32. The summed E-state index contributed by atoms with van der Waals surface area (Å²) < 4.78 is 28.0. The quantitative estimate of drug-likeness (QED) is 0.847. The zero-order valence-corrected chi connectivity index (χ0v) is 11.6. The first kappa shape index (κ1) is 13.5. The summed E-state index contributed by atoms with van der Waals surface area (Å²) in [5, 5.41) is 0.368. The topological polar surface area (TPSA) is 29.3 Å². The fraction of sp³-hybridized carbons (Fsp3) is 0.417. The monoisotopic (exact) mass is 288 g/mol. The molecule has 0 spiro atoms. The van der Waals surface area contributed by atoms with E-state index in [-0.39, 0.29) is 16.2 Å². The van der Waals surface area contributed by atoms with Gasteiger partial charge in [-0.2, -0.15) is 11.8 Å². The van der Waals surface area contributed by atoms with Crippen molar-refractivity contribution in [2.45, 2.75) is 12.2 Å². The van der Waals surface area contributed by atoms with Gasteiger partial charge >= 0.3 is 0 Å². The fourth-order valence-corrected chi connectivity index (χ4v) is 3.16. The summed E-state index contributed by atoms with van der Waals surface area (Å²) in [5.41, 5.74) is 5.64. The number of benzene rings is 1. The predicted molar refractivity (Wildman–Crippen MR) is 76.4 cm³/mol. The molecule has 1 heterocycles. The molecule has 0 aliphatic carbocycles. The Balaban J connectivity index is 2.36. The number of thiocarbonyl (C=S) groups is 1. The Morgan fingerprint density at radius 2 is 2.06 bits per heavy atom. The zero-order valence-electron chi connectivity index (χ0n) is 9.95. The molecule has 2 nitrogen and oxygen atoms in total. The Morgan fingerprint density at radius 1 is 1.44 bits per heavy atom. The van der Waals surface area contributed by atoms with Gasteiger partial charge in [0.25, 0.3) is 0 Å². The highest BCUT2D eigenvalue weighted by Crippen LogP contribution is 2.29. The smallest absolute Gasteiger partial charge is 0.150 e. The van der Waals surface area contributed by atoms with E-state index in [4.69, 9.17) is 18.0 Å². The minimum absolute atomic E-state index is 0.00178. The number of hydrogen-bond donors (Lipinski definition) is 1. The highest BCUT2D eigenvalue weighted by molar-refractivity contribution is 8.00. The molecule has 0 aromatic heterocycles. The molecule has 98 valence electrons. The molecule has 1 atom stereocenters. The van der Waals surface area contributed by atoms with Crippen LogP contribution in [0.3, 0.4) is 0 Å². The van der Waals surface area contributed by atoms with E-state index in [0.29, 0.717) is 18.3 Å². The molecular formula is C12H14F2N2S2. The molecule has 1 fully saturated rings. The van der Waals surface area contributed by atoms with Crippen LogP contribution in [0.4, 0.5) is 14.5 Å². The van der Waals surface area contributed by atoms with E-state index in [1.165, 1.54) is 12.1 Å². The predicted octanol–water partition coefficient (Wildman–Crippen LogP) is 2.54. The van der Waals surface area contributed by atoms with Crippen molar-refractivity contribution in [1.82, 2.24) is 0 Å². The highest BCUT2D eigenvalue weighted by atomic mass is 32.2. The second-order valence-corrected chi connectivity index (χ2v) is 6.27. The summed E-state index contributed by atoms with van der Waals surface area (Å²) in [5.74, 6) is -0.328. The number of nitrogens with two attached hydrogens (primary N) is 1. The van der Waals surface area contributed by atoms with Crippen LogP contribution in [0.2, 0.25) is 0 Å². The van der Waals surface area contributed by atoms with Gasteiger partial charge in [-0.3, -0.25) is 0 Å². The van der Waals surface area contributed by atoms with E-state index in [1.807, 2.05) is 11.8 Å². The minimum atomic E-state index is -0.600. The highest BCUT2D eigenvalue weighted by Gasteiger charge is 2.23. The molecular weight excluding hydrogens is 274 g/mol. The third kappa shape index (κ3) is 2.75. The molecule has 1 unspecified atom stereocenters. The second-order valence-electron chi connectivity index (χ2n) is 4.28. The Labute approximate surface area is 115 Å². The lowest BCUT2D eigenvalue weighted by molar-refractivity contribution is 0.570.